The first-order valence-electron chi connectivity index (χ1n) is 7.37. The van der Waals surface area contributed by atoms with E-state index in [1.807, 2.05) is 0 Å². The molecule has 2 nitrogen and oxygen atoms in total. The van der Waals surface area contributed by atoms with Gasteiger partial charge in [0.2, 0.25) is 0 Å². The number of hydrogen-bond acceptors (Lipinski definition) is 2. The van der Waals surface area contributed by atoms with Crippen molar-refractivity contribution in [3.05, 3.63) is 0 Å². The number of hydrogen-bond donors (Lipinski definition) is 1. The predicted octanol–water partition coefficient (Wildman–Crippen LogP) is 3.49. The monoisotopic (exact) mass is 239 g/mol. The molecule has 2 N–H and O–H groups in total. The molecule has 0 saturated heterocycles. The normalized spacial score (nSPS) is 42.4. The average Bonchev–Trinajstić information content (AvgIpc) is 2.23. The van der Waals surface area contributed by atoms with Crippen molar-refractivity contribution < 1.29 is 4.74 Å². The zero-order chi connectivity index (χ0) is 12.5. The van der Waals surface area contributed by atoms with Crippen molar-refractivity contribution in [3.63, 3.8) is 0 Å². The van der Waals surface area contributed by atoms with Crippen molar-refractivity contribution in [1.82, 2.24) is 0 Å². The van der Waals surface area contributed by atoms with Crippen LogP contribution in [0.25, 0.3) is 0 Å². The first-order valence-corrected chi connectivity index (χ1v) is 7.37. The van der Waals surface area contributed by atoms with E-state index in [0.29, 0.717) is 17.6 Å². The van der Waals surface area contributed by atoms with Crippen LogP contribution in [-0.2, 0) is 4.74 Å². The van der Waals surface area contributed by atoms with Crippen LogP contribution in [-0.4, -0.2) is 18.2 Å². The highest BCUT2D eigenvalue weighted by Crippen LogP contribution is 2.37. The maximum absolute atomic E-state index is 6.33. The van der Waals surface area contributed by atoms with Crippen LogP contribution in [0.2, 0.25) is 0 Å². The number of rotatable bonds is 2. The van der Waals surface area contributed by atoms with Crippen molar-refractivity contribution in [3.8, 4) is 0 Å². The Labute approximate surface area is 106 Å². The summed E-state index contributed by atoms with van der Waals surface area (Å²) in [6.07, 6.45) is 9.48. The van der Waals surface area contributed by atoms with E-state index in [9.17, 15) is 0 Å². The van der Waals surface area contributed by atoms with Crippen LogP contribution in [0, 0.1) is 11.3 Å². The van der Waals surface area contributed by atoms with Gasteiger partial charge in [-0.15, -0.1) is 0 Å². The summed E-state index contributed by atoms with van der Waals surface area (Å²) >= 11 is 0. The Kier molecular flexibility index (Phi) is 4.14. The lowest BCUT2D eigenvalue weighted by atomic mass is 9.74. The number of ether oxygens (including phenoxy) is 1. The third-order valence-electron chi connectivity index (χ3n) is 4.64. The topological polar surface area (TPSA) is 35.2 Å². The SMILES string of the molecule is CC1CCCC(OC2CC(C)(C)CCC2N)C1. The standard InChI is InChI=1S/C15H29NO/c1-11-5-4-6-12(9-11)17-14-10-15(2,3)8-7-13(14)16/h11-14H,4-10,16H2,1-3H3. The van der Waals surface area contributed by atoms with Gasteiger partial charge in [-0.25, -0.2) is 0 Å². The van der Waals surface area contributed by atoms with E-state index in [2.05, 4.69) is 20.8 Å². The second kappa shape index (κ2) is 5.27. The first-order chi connectivity index (χ1) is 7.96. The van der Waals surface area contributed by atoms with Gasteiger partial charge >= 0.3 is 0 Å². The second-order valence-corrected chi connectivity index (χ2v) is 7.14. The average molecular weight is 239 g/mol. The van der Waals surface area contributed by atoms with Gasteiger partial charge in [-0.3, -0.25) is 0 Å². The molecule has 17 heavy (non-hydrogen) atoms. The lowest BCUT2D eigenvalue weighted by Gasteiger charge is -2.41. The van der Waals surface area contributed by atoms with Crippen molar-refractivity contribution in [1.29, 1.82) is 0 Å². The maximum Gasteiger partial charge on any atom is 0.0734 e. The highest BCUT2D eigenvalue weighted by molar-refractivity contribution is 4.89. The van der Waals surface area contributed by atoms with Gasteiger partial charge in [0, 0.05) is 6.04 Å². The summed E-state index contributed by atoms with van der Waals surface area (Å²) < 4.78 is 6.33. The summed E-state index contributed by atoms with van der Waals surface area (Å²) in [6.45, 7) is 7.04. The molecule has 2 aliphatic carbocycles. The summed E-state index contributed by atoms with van der Waals surface area (Å²) in [5, 5.41) is 0. The van der Waals surface area contributed by atoms with Crippen molar-refractivity contribution in [2.75, 3.05) is 0 Å². The first kappa shape index (κ1) is 13.4. The third kappa shape index (κ3) is 3.69. The second-order valence-electron chi connectivity index (χ2n) is 7.14. The predicted molar refractivity (Wildman–Crippen MR) is 71.9 cm³/mol. The molecule has 0 spiro atoms. The van der Waals surface area contributed by atoms with Gasteiger partial charge in [0.15, 0.2) is 0 Å². The van der Waals surface area contributed by atoms with E-state index in [1.54, 1.807) is 0 Å². The van der Waals surface area contributed by atoms with E-state index < -0.39 is 0 Å². The summed E-state index contributed by atoms with van der Waals surface area (Å²) in [7, 11) is 0. The Balaban J connectivity index is 1.88. The Bertz CT molecular complexity index is 251. The molecule has 0 aliphatic heterocycles. The molecule has 0 amide bonds. The lowest BCUT2D eigenvalue weighted by Crippen LogP contribution is -2.46. The Morgan fingerprint density at radius 3 is 2.65 bits per heavy atom. The summed E-state index contributed by atoms with van der Waals surface area (Å²) in [6, 6.07) is 0.264. The summed E-state index contributed by atoms with van der Waals surface area (Å²) in [4.78, 5) is 0. The molecule has 2 heteroatoms. The largest absolute Gasteiger partial charge is 0.373 e. The molecule has 0 aromatic rings. The van der Waals surface area contributed by atoms with Crippen LogP contribution >= 0.6 is 0 Å². The van der Waals surface area contributed by atoms with Crippen molar-refractivity contribution in [2.45, 2.75) is 84.0 Å². The minimum atomic E-state index is 0.264. The zero-order valence-electron chi connectivity index (χ0n) is 11.7. The fourth-order valence-corrected chi connectivity index (χ4v) is 3.44. The van der Waals surface area contributed by atoms with Crippen LogP contribution in [0.1, 0.15) is 65.7 Å². The van der Waals surface area contributed by atoms with Gasteiger partial charge in [0.25, 0.3) is 0 Å². The minimum absolute atomic E-state index is 0.264. The van der Waals surface area contributed by atoms with Crippen LogP contribution < -0.4 is 5.73 Å². The Hall–Kier alpha value is -0.0800. The maximum atomic E-state index is 6.33. The molecular weight excluding hydrogens is 210 g/mol. The quantitative estimate of drug-likeness (QED) is 0.800. The lowest BCUT2D eigenvalue weighted by molar-refractivity contribution is -0.0806. The molecule has 2 aliphatic rings. The molecule has 4 unspecified atom stereocenters. The minimum Gasteiger partial charge on any atom is -0.373 e. The van der Waals surface area contributed by atoms with Crippen molar-refractivity contribution >= 4 is 0 Å². The van der Waals surface area contributed by atoms with Gasteiger partial charge in [-0.05, 0) is 43.4 Å². The molecule has 0 aromatic carbocycles. The van der Waals surface area contributed by atoms with E-state index >= 15 is 0 Å². The fourth-order valence-electron chi connectivity index (χ4n) is 3.44. The van der Waals surface area contributed by atoms with Gasteiger partial charge in [0.1, 0.15) is 0 Å². The van der Waals surface area contributed by atoms with Gasteiger partial charge < -0.3 is 10.5 Å². The zero-order valence-corrected chi connectivity index (χ0v) is 11.7. The summed E-state index contributed by atoms with van der Waals surface area (Å²) in [5.41, 5.74) is 6.64. The molecule has 4 atom stereocenters. The molecule has 2 rings (SSSR count). The van der Waals surface area contributed by atoms with Crippen LogP contribution in [0.5, 0.6) is 0 Å². The molecule has 0 aromatic heterocycles. The number of nitrogens with two attached hydrogens (primary N) is 1. The van der Waals surface area contributed by atoms with Gasteiger partial charge in [-0.1, -0.05) is 33.6 Å². The van der Waals surface area contributed by atoms with E-state index in [-0.39, 0.29) is 6.04 Å². The summed E-state index contributed by atoms with van der Waals surface area (Å²) in [5.74, 6) is 0.835. The molecule has 0 radical (unpaired) electrons. The highest BCUT2D eigenvalue weighted by atomic mass is 16.5. The smallest absolute Gasteiger partial charge is 0.0734 e. The van der Waals surface area contributed by atoms with Crippen LogP contribution in [0.3, 0.4) is 0 Å². The van der Waals surface area contributed by atoms with Gasteiger partial charge in [-0.2, -0.15) is 0 Å². The molecule has 0 bridgehead atoms. The van der Waals surface area contributed by atoms with Crippen LogP contribution in [0.4, 0.5) is 0 Å². The third-order valence-corrected chi connectivity index (χ3v) is 4.64. The Morgan fingerprint density at radius 2 is 1.94 bits per heavy atom. The van der Waals surface area contributed by atoms with Crippen LogP contribution in [0.15, 0.2) is 0 Å². The highest BCUT2D eigenvalue weighted by Gasteiger charge is 2.35. The van der Waals surface area contributed by atoms with Gasteiger partial charge in [0.05, 0.1) is 12.2 Å². The Morgan fingerprint density at radius 1 is 1.18 bits per heavy atom. The fraction of sp³-hybridized carbons (Fsp3) is 1.00. The van der Waals surface area contributed by atoms with Crippen molar-refractivity contribution in [2.24, 2.45) is 17.1 Å². The van der Waals surface area contributed by atoms with E-state index in [1.165, 1.54) is 32.1 Å². The molecule has 0 heterocycles. The molecule has 2 fully saturated rings. The molecule has 2 saturated carbocycles. The van der Waals surface area contributed by atoms with E-state index in [4.69, 9.17) is 10.5 Å². The molecular formula is C15H29NO. The molecule has 100 valence electrons. The van der Waals surface area contributed by atoms with E-state index in [0.717, 1.165) is 18.8 Å².